The maximum absolute atomic E-state index is 13.2. The molecule has 0 aliphatic carbocycles. The highest BCUT2D eigenvalue weighted by Crippen LogP contribution is 2.24. The van der Waals surface area contributed by atoms with Gasteiger partial charge in [-0.3, -0.25) is 9.59 Å². The van der Waals surface area contributed by atoms with Crippen LogP contribution in [-0.4, -0.2) is 36.7 Å². The number of carboxylic acids is 1. The molecule has 132 valence electrons. The molecule has 2 unspecified atom stereocenters. The largest absolute Gasteiger partial charge is 0.481 e. The van der Waals surface area contributed by atoms with Crippen molar-refractivity contribution in [3.63, 3.8) is 0 Å². The molecule has 1 heterocycles. The molecule has 0 aromatic heterocycles. The molecule has 2 rings (SSSR count). The first-order chi connectivity index (χ1) is 11.5. The van der Waals surface area contributed by atoms with Crippen molar-refractivity contribution in [2.75, 3.05) is 19.8 Å². The fraction of sp³-hybridized carbons (Fsp3) is 0.556. The van der Waals surface area contributed by atoms with Crippen molar-refractivity contribution >= 4 is 11.9 Å². The zero-order chi connectivity index (χ0) is 17.5. The minimum absolute atomic E-state index is 0.0232. The van der Waals surface area contributed by atoms with Gasteiger partial charge in [0.1, 0.15) is 5.82 Å². The minimum Gasteiger partial charge on any atom is -0.481 e. The van der Waals surface area contributed by atoms with Gasteiger partial charge in [0, 0.05) is 25.7 Å². The smallest absolute Gasteiger partial charge is 0.308 e. The number of halogens is 1. The first kappa shape index (κ1) is 18.4. The highest BCUT2D eigenvalue weighted by atomic mass is 19.1. The lowest BCUT2D eigenvalue weighted by atomic mass is 9.86. The topological polar surface area (TPSA) is 75.6 Å². The summed E-state index contributed by atoms with van der Waals surface area (Å²) in [6.07, 6.45) is 1.82. The van der Waals surface area contributed by atoms with E-state index in [1.165, 1.54) is 12.1 Å². The Morgan fingerprint density at radius 3 is 2.71 bits per heavy atom. The van der Waals surface area contributed by atoms with Gasteiger partial charge in [0.15, 0.2) is 0 Å². The van der Waals surface area contributed by atoms with Gasteiger partial charge in [0.25, 0.3) is 0 Å². The van der Waals surface area contributed by atoms with Gasteiger partial charge in [-0.15, -0.1) is 0 Å². The van der Waals surface area contributed by atoms with Crippen molar-refractivity contribution in [1.29, 1.82) is 0 Å². The number of hydrogen-bond donors (Lipinski definition) is 2. The molecule has 1 saturated heterocycles. The third-order valence-corrected chi connectivity index (χ3v) is 4.53. The van der Waals surface area contributed by atoms with Crippen molar-refractivity contribution in [3.8, 4) is 0 Å². The third-order valence-electron chi connectivity index (χ3n) is 4.53. The molecule has 1 amide bonds. The molecule has 5 nitrogen and oxygen atoms in total. The van der Waals surface area contributed by atoms with Crippen molar-refractivity contribution in [2.24, 2.45) is 17.8 Å². The van der Waals surface area contributed by atoms with Crippen LogP contribution in [0, 0.1) is 23.6 Å². The predicted molar refractivity (Wildman–Crippen MR) is 86.9 cm³/mol. The van der Waals surface area contributed by atoms with E-state index in [1.54, 1.807) is 19.1 Å². The second kappa shape index (κ2) is 8.78. The van der Waals surface area contributed by atoms with E-state index in [0.717, 1.165) is 5.56 Å². The monoisotopic (exact) mass is 337 g/mol. The Hall–Kier alpha value is -1.95. The second-order valence-corrected chi connectivity index (χ2v) is 6.37. The molecule has 1 fully saturated rings. The van der Waals surface area contributed by atoms with Crippen LogP contribution < -0.4 is 5.32 Å². The zero-order valence-electron chi connectivity index (χ0n) is 13.8. The van der Waals surface area contributed by atoms with Gasteiger partial charge >= 0.3 is 5.97 Å². The number of hydrogen-bond acceptors (Lipinski definition) is 3. The first-order valence-electron chi connectivity index (χ1n) is 8.30. The summed E-state index contributed by atoms with van der Waals surface area (Å²) in [6.45, 7) is 3.01. The normalized spacial score (nSPS) is 17.9. The van der Waals surface area contributed by atoms with Crippen LogP contribution in [0.15, 0.2) is 24.3 Å². The highest BCUT2D eigenvalue weighted by molar-refractivity contribution is 5.79. The molecule has 1 aromatic rings. The average molecular weight is 337 g/mol. The van der Waals surface area contributed by atoms with Gasteiger partial charge in [-0.25, -0.2) is 4.39 Å². The van der Waals surface area contributed by atoms with E-state index in [0.29, 0.717) is 32.5 Å². The molecule has 2 N–H and O–H groups in total. The maximum Gasteiger partial charge on any atom is 0.308 e. The van der Waals surface area contributed by atoms with Crippen LogP contribution in [-0.2, 0) is 20.7 Å². The lowest BCUT2D eigenvalue weighted by Crippen LogP contribution is -2.40. The summed E-state index contributed by atoms with van der Waals surface area (Å²) < 4.78 is 18.4. The van der Waals surface area contributed by atoms with E-state index in [-0.39, 0.29) is 30.1 Å². The molecule has 0 saturated carbocycles. The average Bonchev–Trinajstić information content (AvgIpc) is 2.55. The number of nitrogens with one attached hydrogen (secondary N) is 1. The van der Waals surface area contributed by atoms with E-state index < -0.39 is 11.9 Å². The van der Waals surface area contributed by atoms with Gasteiger partial charge in [0.05, 0.1) is 5.92 Å². The fourth-order valence-electron chi connectivity index (χ4n) is 3.07. The van der Waals surface area contributed by atoms with E-state index >= 15 is 0 Å². The van der Waals surface area contributed by atoms with E-state index in [1.807, 2.05) is 0 Å². The lowest BCUT2D eigenvalue weighted by molar-refractivity contribution is -0.145. The number of aliphatic carboxylic acids is 1. The number of benzene rings is 1. The summed E-state index contributed by atoms with van der Waals surface area (Å²) in [7, 11) is 0. The molecule has 0 spiro atoms. The van der Waals surface area contributed by atoms with Crippen molar-refractivity contribution in [2.45, 2.75) is 26.2 Å². The van der Waals surface area contributed by atoms with Crippen LogP contribution in [0.4, 0.5) is 4.39 Å². The number of carboxylic acid groups (broad SMARTS) is 1. The summed E-state index contributed by atoms with van der Waals surface area (Å²) in [5.74, 6) is -2.35. The molecule has 0 bridgehead atoms. The summed E-state index contributed by atoms with van der Waals surface area (Å²) in [4.78, 5) is 23.7. The Labute approximate surface area is 141 Å². The highest BCUT2D eigenvalue weighted by Gasteiger charge is 2.30. The van der Waals surface area contributed by atoms with E-state index in [9.17, 15) is 19.1 Å². The molecule has 1 aromatic carbocycles. The second-order valence-electron chi connectivity index (χ2n) is 6.37. The maximum atomic E-state index is 13.2. The molecule has 1 aliphatic heterocycles. The number of carbonyl (C=O) groups excluding carboxylic acids is 1. The van der Waals surface area contributed by atoms with Gasteiger partial charge in [0.2, 0.25) is 5.91 Å². The van der Waals surface area contributed by atoms with Gasteiger partial charge < -0.3 is 15.2 Å². The van der Waals surface area contributed by atoms with E-state index in [4.69, 9.17) is 4.74 Å². The Kier molecular flexibility index (Phi) is 6.73. The molecule has 1 aliphatic rings. The van der Waals surface area contributed by atoms with Crippen LogP contribution >= 0.6 is 0 Å². The Balaban J connectivity index is 1.86. The molecule has 6 heteroatoms. The Morgan fingerprint density at radius 2 is 2.08 bits per heavy atom. The Morgan fingerprint density at radius 1 is 1.38 bits per heavy atom. The number of ether oxygens (including phenoxy) is 1. The summed E-state index contributed by atoms with van der Waals surface area (Å²) in [5, 5.41) is 12.2. The van der Waals surface area contributed by atoms with Gasteiger partial charge in [-0.05, 0) is 42.9 Å². The summed E-state index contributed by atoms with van der Waals surface area (Å²) in [6, 6.07) is 6.15. The summed E-state index contributed by atoms with van der Waals surface area (Å²) in [5.41, 5.74) is 0.747. The standard InChI is InChI=1S/C18H24FNO4/c1-12(9-13-3-2-4-15(19)10-13)17(21)20-11-16(18(22)23)14-5-7-24-8-6-14/h2-4,10,12,14,16H,5-9,11H2,1H3,(H,20,21)(H,22,23). The number of amides is 1. The van der Waals surface area contributed by atoms with Crippen LogP contribution in [0.25, 0.3) is 0 Å². The molecule has 0 radical (unpaired) electrons. The SMILES string of the molecule is CC(Cc1cccc(F)c1)C(=O)NCC(C(=O)O)C1CCOCC1. The van der Waals surface area contributed by atoms with Crippen LogP contribution in [0.3, 0.4) is 0 Å². The third kappa shape index (κ3) is 5.30. The molecule has 24 heavy (non-hydrogen) atoms. The quantitative estimate of drug-likeness (QED) is 0.800. The van der Waals surface area contributed by atoms with Crippen LogP contribution in [0.5, 0.6) is 0 Å². The van der Waals surface area contributed by atoms with Crippen molar-refractivity contribution in [3.05, 3.63) is 35.6 Å². The minimum atomic E-state index is -0.889. The van der Waals surface area contributed by atoms with Crippen LogP contribution in [0.1, 0.15) is 25.3 Å². The number of carbonyl (C=O) groups is 2. The Bertz CT molecular complexity index is 572. The fourth-order valence-corrected chi connectivity index (χ4v) is 3.07. The van der Waals surface area contributed by atoms with Crippen molar-refractivity contribution < 1.29 is 23.8 Å². The predicted octanol–water partition coefficient (Wildman–Crippen LogP) is 2.25. The zero-order valence-corrected chi connectivity index (χ0v) is 13.8. The molecular formula is C18H24FNO4. The molecule has 2 atom stereocenters. The lowest BCUT2D eigenvalue weighted by Gasteiger charge is -2.28. The first-order valence-corrected chi connectivity index (χ1v) is 8.30. The van der Waals surface area contributed by atoms with Crippen LogP contribution in [0.2, 0.25) is 0 Å². The molecular weight excluding hydrogens is 313 g/mol. The number of rotatable bonds is 7. The van der Waals surface area contributed by atoms with Gasteiger partial charge in [-0.2, -0.15) is 0 Å². The van der Waals surface area contributed by atoms with Gasteiger partial charge in [-0.1, -0.05) is 19.1 Å². The van der Waals surface area contributed by atoms with Crippen molar-refractivity contribution in [1.82, 2.24) is 5.32 Å². The summed E-state index contributed by atoms with van der Waals surface area (Å²) >= 11 is 0. The van der Waals surface area contributed by atoms with E-state index in [2.05, 4.69) is 5.32 Å².